The number of fused-ring (bicyclic) bond motifs is 1. The first-order valence-electron chi connectivity index (χ1n) is 6.15. The fourth-order valence-electron chi connectivity index (χ4n) is 1.75. The average Bonchev–Trinajstić information content (AvgIpc) is 2.51. The molecule has 104 valence electrons. The van der Waals surface area contributed by atoms with Gasteiger partial charge in [-0.05, 0) is 18.6 Å². The highest BCUT2D eigenvalue weighted by molar-refractivity contribution is 5.97. The molecule has 0 aliphatic carbocycles. The van der Waals surface area contributed by atoms with Crippen LogP contribution in [0.15, 0.2) is 35.6 Å². The number of para-hydroxylation sites is 2. The van der Waals surface area contributed by atoms with Crippen molar-refractivity contribution in [3.8, 4) is 0 Å². The molecule has 7 nitrogen and oxygen atoms in total. The van der Waals surface area contributed by atoms with E-state index in [0.717, 1.165) is 0 Å². The molecule has 20 heavy (non-hydrogen) atoms. The Morgan fingerprint density at radius 2 is 2.15 bits per heavy atom. The van der Waals surface area contributed by atoms with E-state index in [4.69, 9.17) is 10.9 Å². The molecule has 2 rings (SSSR count). The van der Waals surface area contributed by atoms with Gasteiger partial charge in [0.2, 0.25) is 0 Å². The summed E-state index contributed by atoms with van der Waals surface area (Å²) < 4.78 is 0. The van der Waals surface area contributed by atoms with Gasteiger partial charge in [0.25, 0.3) is 5.91 Å². The van der Waals surface area contributed by atoms with Crippen LogP contribution in [0.25, 0.3) is 11.0 Å². The summed E-state index contributed by atoms with van der Waals surface area (Å²) in [5.74, 6) is -0.462. The third-order valence-corrected chi connectivity index (χ3v) is 2.87. The van der Waals surface area contributed by atoms with Gasteiger partial charge in [0, 0.05) is 0 Å². The van der Waals surface area contributed by atoms with E-state index in [9.17, 15) is 4.79 Å². The number of carbonyl (C=O) groups is 1. The lowest BCUT2D eigenvalue weighted by Crippen LogP contribution is -2.44. The topological polar surface area (TPSA) is 113 Å². The number of rotatable bonds is 4. The lowest BCUT2D eigenvalue weighted by atomic mass is 10.2. The van der Waals surface area contributed by atoms with Gasteiger partial charge in [0.15, 0.2) is 5.84 Å². The van der Waals surface area contributed by atoms with Crippen molar-refractivity contribution in [1.29, 1.82) is 0 Å². The Hall–Kier alpha value is -2.70. The summed E-state index contributed by atoms with van der Waals surface area (Å²) in [6.45, 7) is 1.81. The molecule has 2 aromatic rings. The van der Waals surface area contributed by atoms with Gasteiger partial charge in [-0.2, -0.15) is 0 Å². The molecule has 0 aliphatic rings. The van der Waals surface area contributed by atoms with Crippen LogP contribution < -0.4 is 11.1 Å². The molecule has 7 heteroatoms. The predicted octanol–water partition coefficient (Wildman–Crippen LogP) is 0.885. The normalized spacial score (nSPS) is 13.2. The van der Waals surface area contributed by atoms with Gasteiger partial charge in [-0.1, -0.05) is 24.2 Å². The van der Waals surface area contributed by atoms with Crippen LogP contribution in [0.1, 0.15) is 23.8 Å². The lowest BCUT2D eigenvalue weighted by molar-refractivity contribution is 0.0940. The van der Waals surface area contributed by atoms with Gasteiger partial charge in [-0.15, -0.1) is 0 Å². The first kappa shape index (κ1) is 13.7. The van der Waals surface area contributed by atoms with Crippen molar-refractivity contribution >= 4 is 22.8 Å². The van der Waals surface area contributed by atoms with Crippen LogP contribution >= 0.6 is 0 Å². The minimum Gasteiger partial charge on any atom is -0.409 e. The molecule has 1 aromatic carbocycles. The Kier molecular flexibility index (Phi) is 4.09. The van der Waals surface area contributed by atoms with E-state index in [1.165, 1.54) is 6.20 Å². The molecular formula is C13H15N5O2. The number of hydrogen-bond acceptors (Lipinski definition) is 5. The Morgan fingerprint density at radius 1 is 1.45 bits per heavy atom. The van der Waals surface area contributed by atoms with Crippen LogP contribution in [0, 0.1) is 0 Å². The molecular weight excluding hydrogens is 258 g/mol. The van der Waals surface area contributed by atoms with Crippen LogP contribution in [0.2, 0.25) is 0 Å². The molecule has 0 bridgehead atoms. The summed E-state index contributed by atoms with van der Waals surface area (Å²) in [6, 6.07) is 6.72. The highest BCUT2D eigenvalue weighted by atomic mass is 16.4. The number of nitrogens with one attached hydrogen (secondary N) is 1. The van der Waals surface area contributed by atoms with E-state index in [-0.39, 0.29) is 11.5 Å². The van der Waals surface area contributed by atoms with Crippen molar-refractivity contribution in [2.75, 3.05) is 0 Å². The molecule has 1 atom stereocenters. The fourth-order valence-corrected chi connectivity index (χ4v) is 1.75. The first-order valence-corrected chi connectivity index (χ1v) is 6.15. The second-order valence-corrected chi connectivity index (χ2v) is 4.20. The Balaban J connectivity index is 2.22. The Labute approximate surface area is 115 Å². The number of carbonyl (C=O) groups excluding carboxylic acids is 1. The largest absolute Gasteiger partial charge is 0.409 e. The zero-order valence-corrected chi connectivity index (χ0v) is 10.9. The number of aromatic nitrogens is 2. The summed E-state index contributed by atoms with van der Waals surface area (Å²) in [4.78, 5) is 20.5. The van der Waals surface area contributed by atoms with Crippen molar-refractivity contribution < 1.29 is 10.0 Å². The Morgan fingerprint density at radius 3 is 2.80 bits per heavy atom. The molecule has 0 aliphatic heterocycles. The molecule has 4 N–H and O–H groups in total. The molecule has 0 saturated heterocycles. The van der Waals surface area contributed by atoms with Crippen LogP contribution in [0.4, 0.5) is 0 Å². The molecule has 1 aromatic heterocycles. The number of amidine groups is 1. The average molecular weight is 273 g/mol. The number of nitrogens with zero attached hydrogens (tertiary/aromatic N) is 3. The number of oxime groups is 1. The summed E-state index contributed by atoms with van der Waals surface area (Å²) >= 11 is 0. The van der Waals surface area contributed by atoms with Crippen LogP contribution in [0.3, 0.4) is 0 Å². The standard InChI is InChI=1S/C13H15N5O2/c1-2-8(12(14)18-20)17-13(19)11-7-15-9-5-3-4-6-10(9)16-11/h3-8,20H,2H2,1H3,(H2,14,18)(H,17,19). The minimum atomic E-state index is -0.541. The van der Waals surface area contributed by atoms with Crippen molar-refractivity contribution in [1.82, 2.24) is 15.3 Å². The zero-order chi connectivity index (χ0) is 14.5. The van der Waals surface area contributed by atoms with Crippen molar-refractivity contribution in [2.24, 2.45) is 10.9 Å². The molecule has 1 amide bonds. The van der Waals surface area contributed by atoms with Gasteiger partial charge in [0.05, 0.1) is 23.3 Å². The predicted molar refractivity (Wildman–Crippen MR) is 74.5 cm³/mol. The van der Waals surface area contributed by atoms with Crippen LogP contribution in [-0.2, 0) is 0 Å². The fraction of sp³-hybridized carbons (Fsp3) is 0.231. The molecule has 1 heterocycles. The van der Waals surface area contributed by atoms with E-state index in [0.29, 0.717) is 17.5 Å². The smallest absolute Gasteiger partial charge is 0.272 e. The van der Waals surface area contributed by atoms with E-state index in [1.54, 1.807) is 6.07 Å². The van der Waals surface area contributed by atoms with Crippen molar-refractivity contribution in [3.05, 3.63) is 36.2 Å². The number of hydrogen-bond donors (Lipinski definition) is 3. The maximum atomic E-state index is 12.1. The highest BCUT2D eigenvalue weighted by Gasteiger charge is 2.17. The second kappa shape index (κ2) is 5.96. The number of nitrogens with two attached hydrogens (primary N) is 1. The minimum absolute atomic E-state index is 0.0467. The monoisotopic (exact) mass is 273 g/mol. The lowest BCUT2D eigenvalue weighted by Gasteiger charge is -2.14. The number of benzene rings is 1. The SMILES string of the molecule is CCC(NC(=O)c1cnc2ccccc2n1)/C(N)=N/O. The van der Waals surface area contributed by atoms with Gasteiger partial charge < -0.3 is 16.3 Å². The maximum Gasteiger partial charge on any atom is 0.272 e. The molecule has 0 saturated carbocycles. The maximum absolute atomic E-state index is 12.1. The van der Waals surface area contributed by atoms with E-state index < -0.39 is 11.9 Å². The summed E-state index contributed by atoms with van der Waals surface area (Å²) in [5.41, 5.74) is 7.03. The molecule has 0 radical (unpaired) electrons. The summed E-state index contributed by atoms with van der Waals surface area (Å²) in [5, 5.41) is 14.2. The summed E-state index contributed by atoms with van der Waals surface area (Å²) in [6.07, 6.45) is 1.90. The molecule has 0 spiro atoms. The van der Waals surface area contributed by atoms with Crippen LogP contribution in [0.5, 0.6) is 0 Å². The van der Waals surface area contributed by atoms with Gasteiger partial charge in [-0.3, -0.25) is 9.78 Å². The first-order chi connectivity index (χ1) is 9.65. The highest BCUT2D eigenvalue weighted by Crippen LogP contribution is 2.08. The second-order valence-electron chi connectivity index (χ2n) is 4.20. The quantitative estimate of drug-likeness (QED) is 0.331. The molecule has 1 unspecified atom stereocenters. The van der Waals surface area contributed by atoms with Gasteiger partial charge in [0.1, 0.15) is 5.69 Å². The Bertz CT molecular complexity index is 656. The van der Waals surface area contributed by atoms with Crippen molar-refractivity contribution in [2.45, 2.75) is 19.4 Å². The zero-order valence-electron chi connectivity index (χ0n) is 10.9. The number of amides is 1. The van der Waals surface area contributed by atoms with Gasteiger partial charge in [-0.25, -0.2) is 4.98 Å². The van der Waals surface area contributed by atoms with Gasteiger partial charge >= 0.3 is 0 Å². The van der Waals surface area contributed by atoms with E-state index in [1.807, 2.05) is 25.1 Å². The summed E-state index contributed by atoms with van der Waals surface area (Å²) in [7, 11) is 0. The molecule has 0 fully saturated rings. The van der Waals surface area contributed by atoms with E-state index >= 15 is 0 Å². The van der Waals surface area contributed by atoms with E-state index in [2.05, 4.69) is 20.4 Å². The van der Waals surface area contributed by atoms with Crippen molar-refractivity contribution in [3.63, 3.8) is 0 Å². The van der Waals surface area contributed by atoms with Crippen LogP contribution in [-0.4, -0.2) is 33.0 Å². The third kappa shape index (κ3) is 2.82. The third-order valence-electron chi connectivity index (χ3n) is 2.87.